The molecular formula is C17H15N3O2S2. The monoisotopic (exact) mass is 357 g/mol. The summed E-state index contributed by atoms with van der Waals surface area (Å²) in [6.07, 6.45) is 1.73. The largest absolute Gasteiger partial charge is 0.454 e. The molecule has 0 aliphatic carbocycles. The van der Waals surface area contributed by atoms with Gasteiger partial charge < -0.3 is 10.1 Å². The van der Waals surface area contributed by atoms with Gasteiger partial charge in [0.2, 0.25) is 0 Å². The first-order chi connectivity index (χ1) is 11.8. The zero-order valence-corrected chi connectivity index (χ0v) is 14.4. The number of ether oxygens (including phenoxy) is 1. The molecule has 24 heavy (non-hydrogen) atoms. The second kappa shape index (κ2) is 7.85. The highest BCUT2D eigenvalue weighted by Crippen LogP contribution is 2.24. The predicted molar refractivity (Wildman–Crippen MR) is 97.5 cm³/mol. The minimum Gasteiger partial charge on any atom is -0.454 e. The van der Waals surface area contributed by atoms with E-state index in [2.05, 4.69) is 21.9 Å². The van der Waals surface area contributed by atoms with E-state index in [0.29, 0.717) is 17.4 Å². The molecule has 3 aromatic rings. The highest BCUT2D eigenvalue weighted by molar-refractivity contribution is 7.14. The summed E-state index contributed by atoms with van der Waals surface area (Å²) in [5.41, 5.74) is 2.08. The second-order valence-corrected chi connectivity index (χ2v) is 6.51. The van der Waals surface area contributed by atoms with Crippen molar-refractivity contribution >= 4 is 33.8 Å². The van der Waals surface area contributed by atoms with Gasteiger partial charge in [-0.05, 0) is 0 Å². The summed E-state index contributed by atoms with van der Waals surface area (Å²) >= 11 is 2.88. The lowest BCUT2D eigenvalue weighted by molar-refractivity contribution is 0.0462. The number of nitrogens with one attached hydrogen (secondary N) is 1. The summed E-state index contributed by atoms with van der Waals surface area (Å²) in [5, 5.41) is 8.18. The topological polar surface area (TPSA) is 64.1 Å². The molecule has 0 saturated carbocycles. The van der Waals surface area contributed by atoms with Gasteiger partial charge in [0.05, 0.1) is 5.69 Å². The third kappa shape index (κ3) is 4.06. The lowest BCUT2D eigenvalue weighted by Gasteiger charge is -2.00. The molecule has 3 rings (SSSR count). The second-order valence-electron chi connectivity index (χ2n) is 4.79. The van der Waals surface area contributed by atoms with Crippen LogP contribution in [0.5, 0.6) is 0 Å². The first kappa shape index (κ1) is 16.4. The molecule has 0 radical (unpaired) electrons. The SMILES string of the molecule is C=CCNc1nc(C(=O)OCc2csc(-c3ccccc3)n2)cs1. The van der Waals surface area contributed by atoms with Crippen molar-refractivity contribution in [3.8, 4) is 10.6 Å². The molecule has 0 fully saturated rings. The van der Waals surface area contributed by atoms with Gasteiger partial charge in [-0.15, -0.1) is 29.3 Å². The van der Waals surface area contributed by atoms with Crippen LogP contribution >= 0.6 is 22.7 Å². The van der Waals surface area contributed by atoms with Crippen LogP contribution in [0.1, 0.15) is 16.2 Å². The molecule has 5 nitrogen and oxygen atoms in total. The fraction of sp³-hybridized carbons (Fsp3) is 0.118. The number of anilines is 1. The molecule has 0 bridgehead atoms. The summed E-state index contributed by atoms with van der Waals surface area (Å²) in [4.78, 5) is 20.7. The maximum atomic E-state index is 12.0. The van der Waals surface area contributed by atoms with Crippen LogP contribution < -0.4 is 5.32 Å². The molecule has 0 unspecified atom stereocenters. The average Bonchev–Trinajstić information content (AvgIpc) is 3.28. The first-order valence-electron chi connectivity index (χ1n) is 7.23. The quantitative estimate of drug-likeness (QED) is 0.507. The van der Waals surface area contributed by atoms with Crippen LogP contribution in [-0.2, 0) is 11.3 Å². The van der Waals surface area contributed by atoms with Crippen LogP contribution in [0, 0.1) is 0 Å². The van der Waals surface area contributed by atoms with E-state index in [1.807, 2.05) is 35.7 Å². The molecule has 1 aromatic carbocycles. The zero-order valence-electron chi connectivity index (χ0n) is 12.8. The van der Waals surface area contributed by atoms with E-state index in [9.17, 15) is 4.79 Å². The number of thiazole rings is 2. The third-order valence-corrected chi connectivity index (χ3v) is 4.77. The van der Waals surface area contributed by atoms with Crippen molar-refractivity contribution in [3.05, 3.63) is 65.1 Å². The summed E-state index contributed by atoms with van der Waals surface area (Å²) in [5.74, 6) is -0.452. The zero-order chi connectivity index (χ0) is 16.8. The molecule has 0 saturated heterocycles. The Bertz CT molecular complexity index is 827. The van der Waals surface area contributed by atoms with Crippen molar-refractivity contribution in [2.24, 2.45) is 0 Å². The smallest absolute Gasteiger partial charge is 0.358 e. The van der Waals surface area contributed by atoms with Gasteiger partial charge in [0, 0.05) is 22.9 Å². The predicted octanol–water partition coefficient (Wildman–Crippen LogP) is 4.22. The van der Waals surface area contributed by atoms with E-state index in [1.165, 1.54) is 22.7 Å². The number of hydrogen-bond acceptors (Lipinski definition) is 7. The van der Waals surface area contributed by atoms with Crippen molar-refractivity contribution in [2.45, 2.75) is 6.61 Å². The van der Waals surface area contributed by atoms with Crippen LogP contribution in [0.2, 0.25) is 0 Å². The summed E-state index contributed by atoms with van der Waals surface area (Å²) < 4.78 is 5.28. The lowest BCUT2D eigenvalue weighted by atomic mass is 10.2. The Balaban J connectivity index is 1.57. The molecule has 122 valence electrons. The Morgan fingerprint density at radius 2 is 2.04 bits per heavy atom. The number of esters is 1. The minimum absolute atomic E-state index is 0.134. The Kier molecular flexibility index (Phi) is 5.35. The van der Waals surface area contributed by atoms with E-state index in [4.69, 9.17) is 4.74 Å². The Morgan fingerprint density at radius 3 is 2.83 bits per heavy atom. The maximum Gasteiger partial charge on any atom is 0.358 e. The van der Waals surface area contributed by atoms with Gasteiger partial charge in [0.25, 0.3) is 0 Å². The summed E-state index contributed by atoms with van der Waals surface area (Å²) in [6.45, 7) is 4.36. The van der Waals surface area contributed by atoms with Crippen molar-refractivity contribution < 1.29 is 9.53 Å². The minimum atomic E-state index is -0.452. The van der Waals surface area contributed by atoms with Crippen LogP contribution in [-0.4, -0.2) is 22.5 Å². The molecule has 2 heterocycles. The maximum absolute atomic E-state index is 12.0. The van der Waals surface area contributed by atoms with Crippen LogP contribution in [0.15, 0.2) is 53.7 Å². The first-order valence-corrected chi connectivity index (χ1v) is 8.99. The van der Waals surface area contributed by atoms with E-state index in [0.717, 1.165) is 16.3 Å². The Labute approximate surface area is 147 Å². The molecule has 1 N–H and O–H groups in total. The van der Waals surface area contributed by atoms with Gasteiger partial charge in [0.1, 0.15) is 11.6 Å². The Hall–Kier alpha value is -2.51. The normalized spacial score (nSPS) is 10.3. The molecule has 7 heteroatoms. The highest BCUT2D eigenvalue weighted by Gasteiger charge is 2.13. The third-order valence-electron chi connectivity index (χ3n) is 3.03. The van der Waals surface area contributed by atoms with Gasteiger partial charge in [-0.1, -0.05) is 36.4 Å². The van der Waals surface area contributed by atoms with Gasteiger partial charge in [-0.25, -0.2) is 14.8 Å². The molecule has 0 aliphatic rings. The van der Waals surface area contributed by atoms with Crippen molar-refractivity contribution in [1.29, 1.82) is 0 Å². The van der Waals surface area contributed by atoms with Crippen molar-refractivity contribution in [3.63, 3.8) is 0 Å². The van der Waals surface area contributed by atoms with Crippen LogP contribution in [0.4, 0.5) is 5.13 Å². The highest BCUT2D eigenvalue weighted by atomic mass is 32.1. The van der Waals surface area contributed by atoms with Gasteiger partial charge in [0.15, 0.2) is 10.8 Å². The standard InChI is InChI=1S/C17H15N3O2S2/c1-2-8-18-17-20-14(11-24-17)16(21)22-9-13-10-23-15(19-13)12-6-4-3-5-7-12/h2-7,10-11H,1,8-9H2,(H,18,20). The number of rotatable bonds is 7. The molecule has 0 aliphatic heterocycles. The fourth-order valence-corrected chi connectivity index (χ4v) is 3.41. The number of nitrogens with zero attached hydrogens (tertiary/aromatic N) is 2. The molecule has 0 amide bonds. The van der Waals surface area contributed by atoms with Gasteiger partial charge in [-0.3, -0.25) is 0 Å². The number of aromatic nitrogens is 2. The van der Waals surface area contributed by atoms with Gasteiger partial charge >= 0.3 is 5.97 Å². The molecule has 2 aromatic heterocycles. The van der Waals surface area contributed by atoms with Crippen LogP contribution in [0.3, 0.4) is 0 Å². The van der Waals surface area contributed by atoms with Crippen molar-refractivity contribution in [1.82, 2.24) is 9.97 Å². The number of carbonyl (C=O) groups is 1. The van der Waals surface area contributed by atoms with E-state index in [1.54, 1.807) is 11.5 Å². The van der Waals surface area contributed by atoms with E-state index >= 15 is 0 Å². The lowest BCUT2D eigenvalue weighted by Crippen LogP contribution is -2.06. The molecule has 0 spiro atoms. The van der Waals surface area contributed by atoms with Gasteiger partial charge in [-0.2, -0.15) is 0 Å². The molecular weight excluding hydrogens is 342 g/mol. The Morgan fingerprint density at radius 1 is 1.21 bits per heavy atom. The fourth-order valence-electron chi connectivity index (χ4n) is 1.91. The summed E-state index contributed by atoms with van der Waals surface area (Å²) in [6, 6.07) is 9.91. The van der Waals surface area contributed by atoms with E-state index < -0.39 is 5.97 Å². The number of benzene rings is 1. The number of hydrogen-bond donors (Lipinski definition) is 1. The van der Waals surface area contributed by atoms with E-state index in [-0.39, 0.29) is 6.61 Å². The number of carbonyl (C=O) groups excluding carboxylic acids is 1. The average molecular weight is 357 g/mol. The van der Waals surface area contributed by atoms with Crippen molar-refractivity contribution in [2.75, 3.05) is 11.9 Å². The summed E-state index contributed by atoms with van der Waals surface area (Å²) in [7, 11) is 0. The van der Waals surface area contributed by atoms with Crippen LogP contribution in [0.25, 0.3) is 10.6 Å². The molecule has 0 atom stereocenters.